The molecule has 1 aliphatic rings. The maximum absolute atomic E-state index is 13.5. The first-order valence-corrected chi connectivity index (χ1v) is 10.4. The lowest BCUT2D eigenvalue weighted by Crippen LogP contribution is -2.29. The van der Waals surface area contributed by atoms with Crippen LogP contribution in [0.3, 0.4) is 0 Å². The summed E-state index contributed by atoms with van der Waals surface area (Å²) >= 11 is 0. The van der Waals surface area contributed by atoms with E-state index in [-0.39, 0.29) is 11.7 Å². The number of fused-ring (bicyclic) bond motifs is 1. The zero-order valence-electron chi connectivity index (χ0n) is 18.1. The van der Waals surface area contributed by atoms with Gasteiger partial charge in [-0.05, 0) is 25.5 Å². The first-order valence-electron chi connectivity index (χ1n) is 10.4. The van der Waals surface area contributed by atoms with Gasteiger partial charge in [-0.25, -0.2) is 19.9 Å². The van der Waals surface area contributed by atoms with Crippen LogP contribution in [0.5, 0.6) is 0 Å². The van der Waals surface area contributed by atoms with Gasteiger partial charge in [-0.2, -0.15) is 13.2 Å². The van der Waals surface area contributed by atoms with Gasteiger partial charge in [0.2, 0.25) is 0 Å². The molecule has 0 atom stereocenters. The largest absolute Gasteiger partial charge is 0.419 e. The molecule has 0 spiro atoms. The van der Waals surface area contributed by atoms with Crippen LogP contribution in [0.1, 0.15) is 48.1 Å². The molecule has 0 saturated carbocycles. The molecule has 0 fully saturated rings. The second-order valence-corrected chi connectivity index (χ2v) is 8.04. The van der Waals surface area contributed by atoms with Crippen molar-refractivity contribution < 1.29 is 13.2 Å². The maximum Gasteiger partial charge on any atom is 0.419 e. The van der Waals surface area contributed by atoms with Crippen LogP contribution in [0.2, 0.25) is 0 Å². The number of hydrogen-bond donors (Lipinski definition) is 1. The molecule has 0 saturated heterocycles. The Labute approximate surface area is 184 Å². The van der Waals surface area contributed by atoms with Crippen molar-refractivity contribution in [3.05, 3.63) is 59.1 Å². The molecule has 3 aromatic rings. The van der Waals surface area contributed by atoms with E-state index in [4.69, 9.17) is 9.97 Å². The quantitative estimate of drug-likeness (QED) is 0.638. The Balaban J connectivity index is 1.68. The summed E-state index contributed by atoms with van der Waals surface area (Å²) < 4.78 is 40.6. The van der Waals surface area contributed by atoms with Gasteiger partial charge in [0.05, 0.1) is 29.3 Å². The third-order valence-corrected chi connectivity index (χ3v) is 5.30. The summed E-state index contributed by atoms with van der Waals surface area (Å²) in [4.78, 5) is 23.8. The van der Waals surface area contributed by atoms with E-state index in [2.05, 4.69) is 20.3 Å². The van der Waals surface area contributed by atoms with Gasteiger partial charge in [0.1, 0.15) is 23.3 Å². The summed E-state index contributed by atoms with van der Waals surface area (Å²) in [6.45, 7) is 6.61. The molecule has 1 N–H and O–H groups in total. The van der Waals surface area contributed by atoms with E-state index >= 15 is 0 Å². The molecule has 0 radical (unpaired) electrons. The van der Waals surface area contributed by atoms with Gasteiger partial charge in [-0.3, -0.25) is 4.98 Å². The number of pyridine rings is 1. The number of aryl methyl sites for hydroxylation is 1. The lowest BCUT2D eigenvalue weighted by molar-refractivity contribution is -0.137. The molecule has 10 heteroatoms. The van der Waals surface area contributed by atoms with E-state index in [1.165, 1.54) is 12.3 Å². The molecule has 0 bridgehead atoms. The highest BCUT2D eigenvalue weighted by Crippen LogP contribution is 2.36. The number of rotatable bonds is 4. The van der Waals surface area contributed by atoms with Gasteiger partial charge < -0.3 is 10.2 Å². The molecule has 4 heterocycles. The molecule has 3 aromatic heterocycles. The third-order valence-electron chi connectivity index (χ3n) is 5.30. The van der Waals surface area contributed by atoms with Crippen molar-refractivity contribution in [2.24, 2.45) is 0 Å². The number of aromatic nitrogens is 5. The molecule has 0 unspecified atom stereocenters. The molecular weight excluding hydrogens is 419 g/mol. The van der Waals surface area contributed by atoms with Gasteiger partial charge in [-0.15, -0.1) is 0 Å². The van der Waals surface area contributed by atoms with E-state index < -0.39 is 11.7 Å². The Morgan fingerprint density at radius 3 is 2.50 bits per heavy atom. The van der Waals surface area contributed by atoms with Gasteiger partial charge in [0.15, 0.2) is 0 Å². The summed E-state index contributed by atoms with van der Waals surface area (Å²) in [6.07, 6.45) is 1.17. The maximum atomic E-state index is 13.5. The average Bonchev–Trinajstić information content (AvgIpc) is 2.97. The van der Waals surface area contributed by atoms with E-state index in [0.29, 0.717) is 43.4 Å². The van der Waals surface area contributed by atoms with Gasteiger partial charge in [0, 0.05) is 37.2 Å². The summed E-state index contributed by atoms with van der Waals surface area (Å²) in [7, 11) is 0. The fourth-order valence-electron chi connectivity index (χ4n) is 3.64. The van der Waals surface area contributed by atoms with Crippen LogP contribution in [0, 0.1) is 6.92 Å². The number of nitrogens with zero attached hydrogens (tertiary/aromatic N) is 6. The predicted octanol–water partition coefficient (Wildman–Crippen LogP) is 4.46. The van der Waals surface area contributed by atoms with Crippen LogP contribution < -0.4 is 10.2 Å². The van der Waals surface area contributed by atoms with Crippen LogP contribution in [0.25, 0.3) is 0 Å². The minimum absolute atomic E-state index is 0.0521. The van der Waals surface area contributed by atoms with E-state index in [9.17, 15) is 13.2 Å². The molecule has 4 rings (SSSR count). The summed E-state index contributed by atoms with van der Waals surface area (Å²) in [5.41, 5.74) is 1.78. The Bertz CT molecular complexity index is 1100. The van der Waals surface area contributed by atoms with Crippen molar-refractivity contribution in [2.45, 2.75) is 45.7 Å². The smallest absolute Gasteiger partial charge is 0.355 e. The van der Waals surface area contributed by atoms with Crippen LogP contribution >= 0.6 is 0 Å². The van der Waals surface area contributed by atoms with Gasteiger partial charge in [0.25, 0.3) is 0 Å². The van der Waals surface area contributed by atoms with E-state index in [1.54, 1.807) is 17.3 Å². The highest BCUT2D eigenvalue weighted by Gasteiger charge is 2.36. The summed E-state index contributed by atoms with van der Waals surface area (Å²) in [5, 5.41) is 3.23. The van der Waals surface area contributed by atoms with Crippen LogP contribution in [-0.4, -0.2) is 38.0 Å². The van der Waals surface area contributed by atoms with Crippen molar-refractivity contribution in [1.82, 2.24) is 24.9 Å². The highest BCUT2D eigenvalue weighted by molar-refractivity contribution is 5.58. The molecule has 168 valence electrons. The molecule has 0 aromatic carbocycles. The fourth-order valence-corrected chi connectivity index (χ4v) is 3.64. The molecule has 7 nitrogen and oxygen atoms in total. The van der Waals surface area contributed by atoms with Crippen LogP contribution in [0.15, 0.2) is 30.7 Å². The molecule has 0 amide bonds. The number of hydrogen-bond acceptors (Lipinski definition) is 7. The van der Waals surface area contributed by atoms with Crippen LogP contribution in [0.4, 0.5) is 30.6 Å². The lowest BCUT2D eigenvalue weighted by Gasteiger charge is -2.24. The Morgan fingerprint density at radius 1 is 1.03 bits per heavy atom. The van der Waals surface area contributed by atoms with Crippen molar-refractivity contribution in [2.75, 3.05) is 23.3 Å². The van der Waals surface area contributed by atoms with Crippen molar-refractivity contribution in [1.29, 1.82) is 0 Å². The molecule has 32 heavy (non-hydrogen) atoms. The first kappa shape index (κ1) is 21.9. The summed E-state index contributed by atoms with van der Waals surface area (Å²) in [5.74, 6) is 1.89. The fraction of sp³-hybridized carbons (Fsp3) is 0.409. The van der Waals surface area contributed by atoms with Crippen molar-refractivity contribution in [3.63, 3.8) is 0 Å². The zero-order chi connectivity index (χ0) is 22.9. The SMILES string of the molecule is Cc1cnc(Nc2nc(C(C)C)nc3c2CCN(c2ncccc2C(F)(F)F)CC3)cn1. The standard InChI is InChI=1S/C22H24F3N7/c1-13(2)19-29-17-7-10-32(21-16(22(23,24)25)5-4-8-26-21)9-6-15(17)20(31-19)30-18-12-27-14(3)11-28-18/h4-5,8,11-13H,6-7,9-10H2,1-3H3,(H,28,29,30,31). The number of alkyl halides is 3. The minimum atomic E-state index is -4.47. The number of nitrogens with one attached hydrogen (secondary N) is 1. The molecule has 0 aliphatic carbocycles. The second kappa shape index (κ2) is 8.68. The Kier molecular flexibility index (Phi) is 5.94. The lowest BCUT2D eigenvalue weighted by atomic mass is 10.1. The summed E-state index contributed by atoms with van der Waals surface area (Å²) in [6, 6.07) is 2.38. The Hall–Kier alpha value is -3.30. The first-order chi connectivity index (χ1) is 15.2. The Morgan fingerprint density at radius 2 is 1.81 bits per heavy atom. The number of anilines is 3. The van der Waals surface area contributed by atoms with Gasteiger partial charge >= 0.3 is 6.18 Å². The predicted molar refractivity (Wildman–Crippen MR) is 115 cm³/mol. The van der Waals surface area contributed by atoms with E-state index in [1.807, 2.05) is 20.8 Å². The minimum Gasteiger partial charge on any atom is -0.355 e. The van der Waals surface area contributed by atoms with Crippen molar-refractivity contribution in [3.8, 4) is 0 Å². The van der Waals surface area contributed by atoms with Gasteiger partial charge in [-0.1, -0.05) is 13.8 Å². The highest BCUT2D eigenvalue weighted by atomic mass is 19.4. The third kappa shape index (κ3) is 4.63. The normalized spacial score (nSPS) is 14.3. The van der Waals surface area contributed by atoms with Crippen LogP contribution in [-0.2, 0) is 19.0 Å². The van der Waals surface area contributed by atoms with Crippen molar-refractivity contribution >= 4 is 17.5 Å². The average molecular weight is 443 g/mol. The second-order valence-electron chi connectivity index (χ2n) is 8.04. The topological polar surface area (TPSA) is 79.7 Å². The molecular formula is C22H24F3N7. The van der Waals surface area contributed by atoms with E-state index in [0.717, 1.165) is 23.0 Å². The monoisotopic (exact) mass is 443 g/mol. The zero-order valence-corrected chi connectivity index (χ0v) is 18.1. The number of halogens is 3. The molecule has 1 aliphatic heterocycles.